The quantitative estimate of drug-likeness (QED) is 0.247. The highest BCUT2D eigenvalue weighted by Gasteiger charge is 2.27. The average Bonchev–Trinajstić information content (AvgIpc) is 3.37. The number of amides is 1. The zero-order valence-corrected chi connectivity index (χ0v) is 19.6. The van der Waals surface area contributed by atoms with Gasteiger partial charge in [0.05, 0.1) is 30.6 Å². The van der Waals surface area contributed by atoms with Gasteiger partial charge in [0, 0.05) is 35.0 Å². The van der Waals surface area contributed by atoms with Gasteiger partial charge in [-0.25, -0.2) is 9.50 Å². The predicted molar refractivity (Wildman–Crippen MR) is 131 cm³/mol. The molecule has 0 spiro atoms. The van der Waals surface area contributed by atoms with Gasteiger partial charge in [-0.15, -0.1) is 11.3 Å². The number of piperazine rings is 1. The van der Waals surface area contributed by atoms with Gasteiger partial charge in [-0.05, 0) is 41.1 Å². The predicted octanol–water partition coefficient (Wildman–Crippen LogP) is 3.25. The number of anilines is 1. The highest BCUT2D eigenvalue weighted by Crippen LogP contribution is 2.44. The minimum Gasteiger partial charge on any atom is -0.495 e. The SMILES string of the molecule is COc1cc(C)cc2cc(-c3c(CN=[N+]=[N-])c(CN4CCNC(=O)C4)n4ncnc(N)c34)sc12. The van der Waals surface area contributed by atoms with Crippen molar-refractivity contribution in [2.75, 3.05) is 32.5 Å². The van der Waals surface area contributed by atoms with Gasteiger partial charge in [-0.2, -0.15) is 5.10 Å². The van der Waals surface area contributed by atoms with Crippen LogP contribution in [-0.4, -0.2) is 52.1 Å². The summed E-state index contributed by atoms with van der Waals surface area (Å²) in [4.78, 5) is 22.2. The van der Waals surface area contributed by atoms with E-state index in [0.29, 0.717) is 31.0 Å². The Kier molecular flexibility index (Phi) is 5.70. The molecular weight excluding hydrogens is 454 g/mol. The van der Waals surface area contributed by atoms with Gasteiger partial charge < -0.3 is 15.8 Å². The van der Waals surface area contributed by atoms with Gasteiger partial charge in [0.25, 0.3) is 0 Å². The number of rotatable bonds is 6. The van der Waals surface area contributed by atoms with Crippen LogP contribution in [0, 0.1) is 6.92 Å². The summed E-state index contributed by atoms with van der Waals surface area (Å²) >= 11 is 1.58. The summed E-state index contributed by atoms with van der Waals surface area (Å²) in [6, 6.07) is 6.21. The molecule has 0 saturated carbocycles. The van der Waals surface area contributed by atoms with Crippen LogP contribution in [0.4, 0.5) is 5.82 Å². The average molecular weight is 478 g/mol. The molecule has 0 atom stereocenters. The molecule has 174 valence electrons. The van der Waals surface area contributed by atoms with Crippen LogP contribution in [0.25, 0.3) is 36.5 Å². The first-order valence-corrected chi connectivity index (χ1v) is 11.5. The third-order valence-corrected chi connectivity index (χ3v) is 7.12. The van der Waals surface area contributed by atoms with Crippen LogP contribution in [0.2, 0.25) is 0 Å². The van der Waals surface area contributed by atoms with Crippen molar-refractivity contribution in [3.8, 4) is 16.2 Å². The topological polar surface area (TPSA) is 147 Å². The summed E-state index contributed by atoms with van der Waals surface area (Å²) in [5.74, 6) is 1.11. The van der Waals surface area contributed by atoms with Crippen molar-refractivity contribution < 1.29 is 9.53 Å². The van der Waals surface area contributed by atoms with E-state index in [1.807, 2.05) is 17.9 Å². The number of carbonyl (C=O) groups excluding carboxylic acids is 1. The number of methoxy groups -OCH3 is 1. The van der Waals surface area contributed by atoms with Crippen LogP contribution in [0.3, 0.4) is 0 Å². The number of hydrogen-bond acceptors (Lipinski definition) is 8. The number of aromatic nitrogens is 3. The molecule has 0 unspecified atom stereocenters. The Morgan fingerprint density at radius 2 is 2.24 bits per heavy atom. The van der Waals surface area contributed by atoms with Crippen LogP contribution in [0.15, 0.2) is 29.6 Å². The summed E-state index contributed by atoms with van der Waals surface area (Å²) in [5, 5.41) is 12.3. The molecule has 1 fully saturated rings. The van der Waals surface area contributed by atoms with Crippen molar-refractivity contribution in [3.05, 3.63) is 51.8 Å². The molecule has 0 aliphatic carbocycles. The van der Waals surface area contributed by atoms with E-state index in [2.05, 4.69) is 37.6 Å². The molecule has 4 aromatic rings. The third-order valence-electron chi connectivity index (χ3n) is 5.94. The van der Waals surface area contributed by atoms with Crippen molar-refractivity contribution in [2.24, 2.45) is 5.11 Å². The third kappa shape index (κ3) is 3.77. The van der Waals surface area contributed by atoms with Crippen LogP contribution in [0.1, 0.15) is 16.8 Å². The van der Waals surface area contributed by atoms with E-state index in [9.17, 15) is 4.79 Å². The van der Waals surface area contributed by atoms with Gasteiger partial charge >= 0.3 is 0 Å². The standard InChI is InChI=1S/C22H23N9O2S/c1-12-5-13-7-17(34-21(13)16(6-12)33-2)19-14(8-27-29-24)15(9-30-4-3-25-18(32)10-30)31-20(19)22(23)26-11-28-31/h5-7,11H,3-4,8-10H2,1-2H3,(H,25,32)(H2,23,26,28). The fourth-order valence-electron chi connectivity index (χ4n) is 4.50. The van der Waals surface area contributed by atoms with E-state index >= 15 is 0 Å². The van der Waals surface area contributed by atoms with E-state index < -0.39 is 0 Å². The summed E-state index contributed by atoms with van der Waals surface area (Å²) < 4.78 is 8.40. The minimum atomic E-state index is -0.0231. The lowest BCUT2D eigenvalue weighted by Crippen LogP contribution is -2.47. The Balaban J connectivity index is 1.76. The normalized spacial score (nSPS) is 14.4. The monoisotopic (exact) mass is 477 g/mol. The van der Waals surface area contributed by atoms with Crippen molar-refractivity contribution in [2.45, 2.75) is 20.0 Å². The van der Waals surface area contributed by atoms with E-state index in [1.165, 1.54) is 6.33 Å². The number of nitrogens with one attached hydrogen (secondary N) is 1. The van der Waals surface area contributed by atoms with Gasteiger partial charge in [-0.1, -0.05) is 11.2 Å². The zero-order valence-electron chi connectivity index (χ0n) is 18.8. The molecular formula is C22H23N9O2S. The van der Waals surface area contributed by atoms with Crippen molar-refractivity contribution in [3.63, 3.8) is 0 Å². The summed E-state index contributed by atoms with van der Waals surface area (Å²) in [6.45, 7) is 4.16. The van der Waals surface area contributed by atoms with Crippen LogP contribution >= 0.6 is 11.3 Å². The molecule has 11 nitrogen and oxygen atoms in total. The highest BCUT2D eigenvalue weighted by molar-refractivity contribution is 7.22. The van der Waals surface area contributed by atoms with Crippen LogP contribution < -0.4 is 15.8 Å². The Morgan fingerprint density at radius 1 is 1.38 bits per heavy atom. The molecule has 1 aliphatic rings. The van der Waals surface area contributed by atoms with E-state index in [0.717, 1.165) is 43.1 Å². The Labute approximate surface area is 198 Å². The molecule has 3 N–H and O–H groups in total. The van der Waals surface area contributed by atoms with Crippen molar-refractivity contribution in [1.82, 2.24) is 24.8 Å². The lowest BCUT2D eigenvalue weighted by Gasteiger charge is -2.26. The number of carbonyl (C=O) groups is 1. The first kappa shape index (κ1) is 22.0. The number of hydrogen-bond donors (Lipinski definition) is 2. The summed E-state index contributed by atoms with van der Waals surface area (Å²) in [7, 11) is 1.66. The van der Waals surface area contributed by atoms with Crippen LogP contribution in [0.5, 0.6) is 5.75 Å². The maximum atomic E-state index is 12.0. The largest absolute Gasteiger partial charge is 0.495 e. The van der Waals surface area contributed by atoms with Crippen molar-refractivity contribution in [1.29, 1.82) is 0 Å². The smallest absolute Gasteiger partial charge is 0.234 e. The molecule has 1 amide bonds. The number of aryl methyl sites for hydroxylation is 1. The minimum absolute atomic E-state index is 0.0231. The Morgan fingerprint density at radius 3 is 3.00 bits per heavy atom. The van der Waals surface area contributed by atoms with Gasteiger partial charge in [0.15, 0.2) is 5.82 Å². The number of ether oxygens (including phenoxy) is 1. The molecule has 4 heterocycles. The Bertz CT molecular complexity index is 1470. The molecule has 3 aromatic heterocycles. The molecule has 0 bridgehead atoms. The molecule has 34 heavy (non-hydrogen) atoms. The summed E-state index contributed by atoms with van der Waals surface area (Å²) in [6.07, 6.45) is 1.41. The van der Waals surface area contributed by atoms with Gasteiger partial charge in [0.1, 0.15) is 17.6 Å². The first-order chi connectivity index (χ1) is 16.5. The molecule has 1 saturated heterocycles. The van der Waals surface area contributed by atoms with E-state index in [-0.39, 0.29) is 19.0 Å². The maximum Gasteiger partial charge on any atom is 0.234 e. The second-order valence-electron chi connectivity index (χ2n) is 8.15. The first-order valence-electron chi connectivity index (χ1n) is 10.7. The molecule has 1 aliphatic heterocycles. The lowest BCUT2D eigenvalue weighted by atomic mass is 10.1. The molecule has 5 rings (SSSR count). The fraction of sp³-hybridized carbons (Fsp3) is 0.318. The molecule has 1 aromatic carbocycles. The number of thiophene rings is 1. The Hall–Kier alpha value is -3.86. The number of fused-ring (bicyclic) bond motifs is 2. The number of nitrogens with two attached hydrogens (primary N) is 1. The summed E-state index contributed by atoms with van der Waals surface area (Å²) in [5.41, 5.74) is 19.7. The van der Waals surface area contributed by atoms with Crippen molar-refractivity contribution >= 4 is 38.7 Å². The second-order valence-corrected chi connectivity index (χ2v) is 9.20. The highest BCUT2D eigenvalue weighted by atomic mass is 32.1. The van der Waals surface area contributed by atoms with Gasteiger partial charge in [0.2, 0.25) is 5.91 Å². The fourth-order valence-corrected chi connectivity index (χ4v) is 5.70. The number of benzene rings is 1. The number of azide groups is 1. The lowest BCUT2D eigenvalue weighted by molar-refractivity contribution is -0.124. The number of nitrogens with zero attached hydrogens (tertiary/aromatic N) is 7. The van der Waals surface area contributed by atoms with Gasteiger partial charge in [-0.3, -0.25) is 9.69 Å². The van der Waals surface area contributed by atoms with Crippen LogP contribution in [-0.2, 0) is 17.9 Å². The zero-order chi connectivity index (χ0) is 23.8. The maximum absolute atomic E-state index is 12.0. The molecule has 0 radical (unpaired) electrons. The number of nitrogen functional groups attached to an aromatic ring is 1. The van der Waals surface area contributed by atoms with E-state index in [1.54, 1.807) is 23.0 Å². The molecule has 12 heteroatoms. The second kappa shape index (κ2) is 8.82. The van der Waals surface area contributed by atoms with E-state index in [4.69, 9.17) is 16.0 Å².